The van der Waals surface area contributed by atoms with Crippen molar-refractivity contribution in [3.8, 4) is 23.2 Å². The van der Waals surface area contributed by atoms with Gasteiger partial charge in [-0.3, -0.25) is 4.36 Å². The second-order valence-electron chi connectivity index (χ2n) is 8.44. The molecule has 4 rings (SSSR count). The minimum atomic E-state index is -1.09. The van der Waals surface area contributed by atoms with Gasteiger partial charge in [0.15, 0.2) is 0 Å². The van der Waals surface area contributed by atoms with Crippen molar-refractivity contribution >= 4 is 26.6 Å². The number of hydrogen-bond donors (Lipinski definition) is 0. The molecule has 0 amide bonds. The lowest BCUT2D eigenvalue weighted by atomic mass is 10.1. The number of ether oxygens (including phenoxy) is 2. The molecule has 0 spiro atoms. The molecule has 4 heterocycles. The molecule has 1 aliphatic heterocycles. The van der Waals surface area contributed by atoms with Crippen molar-refractivity contribution in [2.75, 3.05) is 50.8 Å². The second-order valence-corrected chi connectivity index (χ2v) is 11.6. The van der Waals surface area contributed by atoms with E-state index < -0.39 is 9.41 Å². The minimum Gasteiger partial charge on any atom is -0.474 e. The number of nitriles is 1. The zero-order valence-corrected chi connectivity index (χ0v) is 20.1. The minimum absolute atomic E-state index is 0.368. The van der Waals surface area contributed by atoms with Gasteiger partial charge in [0.05, 0.1) is 25.0 Å². The average Bonchev–Trinajstić information content (AvgIpc) is 3.21. The quantitative estimate of drug-likeness (QED) is 0.389. The van der Waals surface area contributed by atoms with Crippen LogP contribution in [0.2, 0.25) is 0 Å². The largest absolute Gasteiger partial charge is 0.474 e. The smallest absolute Gasteiger partial charge is 0.233 e. The van der Waals surface area contributed by atoms with Crippen molar-refractivity contribution in [2.24, 2.45) is 4.36 Å². The van der Waals surface area contributed by atoms with E-state index in [2.05, 4.69) is 39.4 Å². The average molecular weight is 468 g/mol. The first-order chi connectivity index (χ1) is 15.9. The molecule has 0 N–H and O–H groups in total. The molecular weight excluding hydrogens is 438 g/mol. The summed E-state index contributed by atoms with van der Waals surface area (Å²) in [5.41, 5.74) is 2.49. The summed E-state index contributed by atoms with van der Waals surface area (Å²) in [4.78, 5) is 11.6. The molecule has 3 aromatic heterocycles. The van der Waals surface area contributed by atoms with Gasteiger partial charge in [0, 0.05) is 32.0 Å². The Hall–Kier alpha value is -3.16. The number of anilines is 1. The molecule has 1 aliphatic rings. The first-order valence-corrected chi connectivity index (χ1v) is 13.4. The molecule has 0 saturated carbocycles. The van der Waals surface area contributed by atoms with Gasteiger partial charge in [-0.25, -0.2) is 14.5 Å². The Labute approximate surface area is 194 Å². The van der Waals surface area contributed by atoms with Gasteiger partial charge in [-0.15, -0.1) is 9.41 Å². The van der Waals surface area contributed by atoms with Crippen molar-refractivity contribution in [2.45, 2.75) is 18.9 Å². The number of nitrogens with zero attached hydrogens (tertiary/aromatic N) is 7. The van der Waals surface area contributed by atoms with E-state index in [1.807, 2.05) is 12.1 Å². The Morgan fingerprint density at radius 3 is 2.67 bits per heavy atom. The SMILES string of the molecule is C=S(C)(C)=NC1CCN(c2ccc(-c3nc(OCCOC)cn4ncc(C#N)c34)cn2)CC1. The van der Waals surface area contributed by atoms with Crippen LogP contribution in [0.1, 0.15) is 18.4 Å². The number of pyridine rings is 1. The molecule has 0 atom stereocenters. The number of piperidine rings is 1. The fraction of sp³-hybridized carbons (Fsp3) is 0.435. The van der Waals surface area contributed by atoms with Crippen LogP contribution >= 0.6 is 0 Å². The summed E-state index contributed by atoms with van der Waals surface area (Å²) in [6.45, 7) is 2.66. The van der Waals surface area contributed by atoms with E-state index in [9.17, 15) is 5.26 Å². The standard InChI is InChI=1S/C23H29N7O2S/c1-31-11-12-32-21-16-30-23(18(13-24)15-26-30)22(27-21)17-5-6-20(25-14-17)29-9-7-19(8-10-29)28-33(2,3)4/h5-6,14-16,19H,2,7-12H2,1,3-4H3. The molecule has 0 unspecified atom stereocenters. The Balaban J connectivity index is 1.58. The molecule has 0 aromatic carbocycles. The highest BCUT2D eigenvalue weighted by molar-refractivity contribution is 8.01. The third-order valence-corrected chi connectivity index (χ3v) is 6.25. The van der Waals surface area contributed by atoms with Gasteiger partial charge in [0.25, 0.3) is 0 Å². The lowest BCUT2D eigenvalue weighted by Crippen LogP contribution is -2.36. The van der Waals surface area contributed by atoms with Crippen LogP contribution in [0.3, 0.4) is 0 Å². The first-order valence-electron chi connectivity index (χ1n) is 10.8. The van der Waals surface area contributed by atoms with Crippen molar-refractivity contribution in [1.29, 1.82) is 5.26 Å². The van der Waals surface area contributed by atoms with Crippen molar-refractivity contribution in [3.63, 3.8) is 0 Å². The topological polar surface area (TPSA) is 101 Å². The van der Waals surface area contributed by atoms with Crippen LogP contribution in [-0.4, -0.2) is 77.4 Å². The molecule has 3 aromatic rings. The monoisotopic (exact) mass is 467 g/mol. The molecule has 9 nitrogen and oxygen atoms in total. The van der Waals surface area contributed by atoms with Crippen LogP contribution in [0, 0.1) is 11.3 Å². The summed E-state index contributed by atoms with van der Waals surface area (Å²) < 4.78 is 17.3. The van der Waals surface area contributed by atoms with Gasteiger partial charge in [0.1, 0.15) is 35.3 Å². The number of rotatable bonds is 7. The molecule has 0 bridgehead atoms. The van der Waals surface area contributed by atoms with E-state index in [0.717, 1.165) is 37.3 Å². The molecule has 10 heteroatoms. The Morgan fingerprint density at radius 2 is 2.03 bits per heavy atom. The lowest BCUT2D eigenvalue weighted by molar-refractivity contribution is 0.143. The second kappa shape index (κ2) is 9.77. The van der Waals surface area contributed by atoms with Gasteiger partial charge < -0.3 is 14.4 Å². The maximum absolute atomic E-state index is 9.53. The summed E-state index contributed by atoms with van der Waals surface area (Å²) in [5, 5.41) is 13.8. The van der Waals surface area contributed by atoms with Crippen LogP contribution in [-0.2, 0) is 14.2 Å². The van der Waals surface area contributed by atoms with Gasteiger partial charge in [-0.05, 0) is 37.5 Å². The van der Waals surface area contributed by atoms with Crippen LogP contribution in [0.15, 0.2) is 35.1 Å². The predicted octanol–water partition coefficient (Wildman–Crippen LogP) is 2.69. The maximum atomic E-state index is 9.53. The zero-order valence-electron chi connectivity index (χ0n) is 19.3. The third-order valence-electron chi connectivity index (χ3n) is 5.38. The van der Waals surface area contributed by atoms with E-state index >= 15 is 0 Å². The van der Waals surface area contributed by atoms with E-state index in [1.165, 1.54) is 6.20 Å². The number of aromatic nitrogens is 4. The Morgan fingerprint density at radius 1 is 1.24 bits per heavy atom. The maximum Gasteiger partial charge on any atom is 0.233 e. The summed E-state index contributed by atoms with van der Waals surface area (Å²) in [7, 11) is 0.531. The zero-order chi connectivity index (χ0) is 23.4. The molecule has 174 valence electrons. The number of fused-ring (bicyclic) bond motifs is 1. The molecule has 1 fully saturated rings. The van der Waals surface area contributed by atoms with Crippen molar-refractivity contribution in [3.05, 3.63) is 36.3 Å². The molecule has 0 radical (unpaired) electrons. The van der Waals surface area contributed by atoms with Crippen LogP contribution in [0.25, 0.3) is 16.8 Å². The summed E-state index contributed by atoms with van der Waals surface area (Å²) >= 11 is 0. The fourth-order valence-electron chi connectivity index (χ4n) is 3.89. The van der Waals surface area contributed by atoms with Crippen molar-refractivity contribution in [1.82, 2.24) is 19.6 Å². The van der Waals surface area contributed by atoms with Crippen LogP contribution in [0.5, 0.6) is 5.88 Å². The van der Waals surface area contributed by atoms with Gasteiger partial charge in [-0.2, -0.15) is 10.4 Å². The Kier molecular flexibility index (Phi) is 6.81. The van der Waals surface area contributed by atoms with Crippen molar-refractivity contribution < 1.29 is 9.47 Å². The van der Waals surface area contributed by atoms with Gasteiger partial charge in [0.2, 0.25) is 5.88 Å². The predicted molar refractivity (Wildman–Crippen MR) is 132 cm³/mol. The van der Waals surface area contributed by atoms with Gasteiger partial charge in [-0.1, -0.05) is 5.87 Å². The summed E-state index contributed by atoms with van der Waals surface area (Å²) in [6, 6.07) is 6.56. The first kappa shape index (κ1) is 23.0. The molecule has 0 aliphatic carbocycles. The van der Waals surface area contributed by atoms with E-state index in [1.54, 1.807) is 24.0 Å². The third kappa shape index (κ3) is 5.43. The Bertz CT molecular complexity index is 1270. The molecular formula is C23H29N7O2S. The van der Waals surface area contributed by atoms with E-state index in [4.69, 9.17) is 18.8 Å². The molecule has 33 heavy (non-hydrogen) atoms. The van der Waals surface area contributed by atoms with Gasteiger partial charge >= 0.3 is 0 Å². The van der Waals surface area contributed by atoms with Crippen LogP contribution < -0.4 is 9.64 Å². The van der Waals surface area contributed by atoms with Crippen LogP contribution in [0.4, 0.5) is 5.82 Å². The number of hydrogen-bond acceptors (Lipinski definition) is 8. The van der Waals surface area contributed by atoms with E-state index in [0.29, 0.717) is 41.9 Å². The molecule has 1 saturated heterocycles. The number of methoxy groups -OCH3 is 1. The highest BCUT2D eigenvalue weighted by Gasteiger charge is 2.21. The van der Waals surface area contributed by atoms with E-state index in [-0.39, 0.29) is 0 Å². The summed E-state index contributed by atoms with van der Waals surface area (Å²) in [6.07, 6.45) is 11.3. The highest BCUT2D eigenvalue weighted by atomic mass is 32.2. The fourth-order valence-corrected chi connectivity index (χ4v) is 4.91. The highest BCUT2D eigenvalue weighted by Crippen LogP contribution is 2.29. The summed E-state index contributed by atoms with van der Waals surface area (Å²) in [5.74, 6) is 5.52. The lowest BCUT2D eigenvalue weighted by Gasteiger charge is -2.31. The normalized spacial score (nSPS) is 14.9.